The van der Waals surface area contributed by atoms with Crippen LogP contribution in [0.1, 0.15) is 29.6 Å². The second-order valence-corrected chi connectivity index (χ2v) is 6.23. The van der Waals surface area contributed by atoms with Gasteiger partial charge in [0, 0.05) is 46.1 Å². The zero-order valence-corrected chi connectivity index (χ0v) is 12.8. The minimum atomic E-state index is -0.555. The van der Waals surface area contributed by atoms with E-state index < -0.39 is 5.60 Å². The van der Waals surface area contributed by atoms with Gasteiger partial charge in [-0.2, -0.15) is 0 Å². The van der Waals surface area contributed by atoms with Crippen LogP contribution < -0.4 is 4.74 Å². The third kappa shape index (κ3) is 2.49. The Kier molecular flexibility index (Phi) is 3.47. The van der Waals surface area contributed by atoms with Crippen molar-refractivity contribution in [1.82, 2.24) is 9.80 Å². The van der Waals surface area contributed by atoms with Crippen LogP contribution in [0.3, 0.4) is 0 Å². The summed E-state index contributed by atoms with van der Waals surface area (Å²) in [6, 6.07) is 4.57. The summed E-state index contributed by atoms with van der Waals surface area (Å²) in [5.74, 6) is 0.570. The van der Waals surface area contributed by atoms with Crippen molar-refractivity contribution < 1.29 is 19.4 Å². The highest BCUT2D eigenvalue weighted by atomic mass is 16.5. The molecule has 3 rings (SSSR count). The number of ether oxygens (including phenoxy) is 1. The molecule has 1 aromatic carbocycles. The predicted octanol–water partition coefficient (Wildman–Crippen LogP) is 1.87. The molecular weight excluding hydrogens is 284 g/mol. The van der Waals surface area contributed by atoms with Gasteiger partial charge in [0.2, 0.25) is 0 Å². The predicted molar refractivity (Wildman–Crippen MR) is 80.3 cm³/mol. The summed E-state index contributed by atoms with van der Waals surface area (Å²) in [6.07, 6.45) is 1.57. The number of Topliss-reactive ketones (excluding diaryl/α,β-unsaturated/α-hetero) is 1. The molecule has 2 aliphatic heterocycles. The highest BCUT2D eigenvalue weighted by Gasteiger charge is 2.43. The number of rotatable bonds is 0. The van der Waals surface area contributed by atoms with E-state index in [0.29, 0.717) is 43.7 Å². The van der Waals surface area contributed by atoms with Crippen LogP contribution >= 0.6 is 0 Å². The van der Waals surface area contributed by atoms with Crippen molar-refractivity contribution >= 4 is 11.8 Å². The Morgan fingerprint density at radius 3 is 2.64 bits per heavy atom. The summed E-state index contributed by atoms with van der Waals surface area (Å²) in [7, 11) is 3.46. The molecule has 2 amide bonds. The van der Waals surface area contributed by atoms with Crippen LogP contribution in [0, 0.1) is 0 Å². The fraction of sp³-hybridized carbons (Fsp3) is 0.500. The van der Waals surface area contributed by atoms with E-state index in [0.717, 1.165) is 0 Å². The Labute approximate surface area is 129 Å². The Morgan fingerprint density at radius 1 is 1.32 bits per heavy atom. The van der Waals surface area contributed by atoms with Gasteiger partial charge >= 0.3 is 6.03 Å². The monoisotopic (exact) mass is 304 g/mol. The lowest BCUT2D eigenvalue weighted by molar-refractivity contribution is -0.00280. The molecule has 118 valence electrons. The highest BCUT2D eigenvalue weighted by Crippen LogP contribution is 2.40. The summed E-state index contributed by atoms with van der Waals surface area (Å²) in [6.45, 7) is 1.14. The average Bonchev–Trinajstić information content (AvgIpc) is 2.46. The summed E-state index contributed by atoms with van der Waals surface area (Å²) in [5.41, 5.74) is -0.0312. The molecule has 1 saturated heterocycles. The van der Waals surface area contributed by atoms with Gasteiger partial charge in [-0.1, -0.05) is 0 Å². The van der Waals surface area contributed by atoms with Crippen LogP contribution in [-0.4, -0.2) is 59.5 Å². The van der Waals surface area contributed by atoms with E-state index in [9.17, 15) is 14.7 Å². The van der Waals surface area contributed by atoms with Gasteiger partial charge in [0.25, 0.3) is 0 Å². The summed E-state index contributed by atoms with van der Waals surface area (Å²) in [4.78, 5) is 27.7. The van der Waals surface area contributed by atoms with Gasteiger partial charge in [-0.3, -0.25) is 4.79 Å². The lowest BCUT2D eigenvalue weighted by atomic mass is 9.82. The van der Waals surface area contributed by atoms with Gasteiger partial charge in [-0.25, -0.2) is 4.79 Å². The van der Waals surface area contributed by atoms with Crippen LogP contribution in [0.4, 0.5) is 4.79 Å². The van der Waals surface area contributed by atoms with Gasteiger partial charge in [0.05, 0.1) is 12.0 Å². The number of benzene rings is 1. The number of nitrogens with zero attached hydrogens (tertiary/aromatic N) is 2. The van der Waals surface area contributed by atoms with Crippen LogP contribution in [0.2, 0.25) is 0 Å². The first-order valence-electron chi connectivity index (χ1n) is 7.42. The molecule has 0 saturated carbocycles. The lowest BCUT2D eigenvalue weighted by Gasteiger charge is -2.44. The molecule has 6 nitrogen and oxygen atoms in total. The third-order valence-electron chi connectivity index (χ3n) is 4.40. The Bertz CT molecular complexity index is 619. The number of hydrogen-bond donors (Lipinski definition) is 1. The number of phenolic OH excluding ortho intramolecular Hbond substituents is 1. The highest BCUT2D eigenvalue weighted by molar-refractivity contribution is 6.00. The minimum Gasteiger partial charge on any atom is -0.508 e. The number of likely N-dealkylation sites (tertiary alicyclic amines) is 1. The Morgan fingerprint density at radius 2 is 2.00 bits per heavy atom. The topological polar surface area (TPSA) is 70.1 Å². The van der Waals surface area contributed by atoms with E-state index >= 15 is 0 Å². The standard InChI is InChI=1S/C16H20N2O4/c1-17(2)15(21)18-7-5-16(6-8-18)10-13(20)12-4-3-11(19)9-14(12)22-16/h3-4,9,19H,5-8,10H2,1-2H3. The minimum absolute atomic E-state index is 0.0185. The SMILES string of the molecule is CN(C)C(=O)N1CCC2(CC1)CC(=O)c1ccc(O)cc1O2. The molecule has 1 aromatic rings. The lowest BCUT2D eigenvalue weighted by Crippen LogP contribution is -2.53. The van der Waals surface area contributed by atoms with Gasteiger partial charge < -0.3 is 19.6 Å². The van der Waals surface area contributed by atoms with Crippen molar-refractivity contribution in [2.45, 2.75) is 24.9 Å². The Hall–Kier alpha value is -2.24. The maximum absolute atomic E-state index is 12.3. The Balaban J connectivity index is 1.77. The number of ketones is 1. The second-order valence-electron chi connectivity index (χ2n) is 6.23. The first-order valence-corrected chi connectivity index (χ1v) is 7.42. The first kappa shape index (κ1) is 14.7. The van der Waals surface area contributed by atoms with Gasteiger partial charge in [0.1, 0.15) is 17.1 Å². The van der Waals surface area contributed by atoms with Crippen LogP contribution in [-0.2, 0) is 0 Å². The van der Waals surface area contributed by atoms with E-state index in [-0.39, 0.29) is 17.6 Å². The van der Waals surface area contributed by atoms with Crippen molar-refractivity contribution in [3.8, 4) is 11.5 Å². The maximum atomic E-state index is 12.3. The van der Waals surface area contributed by atoms with Gasteiger partial charge in [-0.15, -0.1) is 0 Å². The summed E-state index contributed by atoms with van der Waals surface area (Å²) in [5, 5.41) is 9.59. The number of aromatic hydroxyl groups is 1. The zero-order chi connectivity index (χ0) is 15.9. The van der Waals surface area contributed by atoms with E-state index in [1.165, 1.54) is 12.1 Å². The molecule has 0 aromatic heterocycles. The molecule has 1 N–H and O–H groups in total. The quantitative estimate of drug-likeness (QED) is 0.794. The zero-order valence-electron chi connectivity index (χ0n) is 12.8. The molecule has 2 aliphatic rings. The number of fused-ring (bicyclic) bond motifs is 1. The molecule has 0 aliphatic carbocycles. The van der Waals surface area contributed by atoms with Crippen LogP contribution in [0.5, 0.6) is 11.5 Å². The number of hydrogen-bond acceptors (Lipinski definition) is 4. The van der Waals surface area contributed by atoms with Crippen LogP contribution in [0.15, 0.2) is 18.2 Å². The number of carbonyl (C=O) groups excluding carboxylic acids is 2. The van der Waals surface area contributed by atoms with Gasteiger partial charge in [-0.05, 0) is 12.1 Å². The smallest absolute Gasteiger partial charge is 0.319 e. The third-order valence-corrected chi connectivity index (χ3v) is 4.40. The van der Waals surface area contributed by atoms with Crippen molar-refractivity contribution in [2.75, 3.05) is 27.2 Å². The van der Waals surface area contributed by atoms with E-state index in [1.807, 2.05) is 0 Å². The van der Waals surface area contributed by atoms with Crippen molar-refractivity contribution in [3.05, 3.63) is 23.8 Å². The number of carbonyl (C=O) groups is 2. The summed E-state index contributed by atoms with van der Waals surface area (Å²) < 4.78 is 6.07. The normalized spacial score (nSPS) is 19.5. The van der Waals surface area contributed by atoms with E-state index in [1.54, 1.807) is 30.0 Å². The van der Waals surface area contributed by atoms with E-state index in [2.05, 4.69) is 0 Å². The summed E-state index contributed by atoms with van der Waals surface area (Å²) >= 11 is 0. The fourth-order valence-electron chi connectivity index (χ4n) is 3.15. The number of phenols is 1. The number of urea groups is 1. The molecule has 1 fully saturated rings. The van der Waals surface area contributed by atoms with Crippen molar-refractivity contribution in [1.29, 1.82) is 0 Å². The number of piperidine rings is 1. The molecule has 0 radical (unpaired) electrons. The number of amides is 2. The molecule has 1 spiro atoms. The fourth-order valence-corrected chi connectivity index (χ4v) is 3.15. The second kappa shape index (κ2) is 5.19. The first-order chi connectivity index (χ1) is 10.4. The molecule has 22 heavy (non-hydrogen) atoms. The van der Waals surface area contributed by atoms with E-state index in [4.69, 9.17) is 4.74 Å². The largest absolute Gasteiger partial charge is 0.508 e. The van der Waals surface area contributed by atoms with Crippen LogP contribution in [0.25, 0.3) is 0 Å². The molecule has 0 unspecified atom stereocenters. The maximum Gasteiger partial charge on any atom is 0.319 e. The molecule has 0 atom stereocenters. The molecule has 2 heterocycles. The molecule has 6 heteroatoms. The van der Waals surface area contributed by atoms with Gasteiger partial charge in [0.15, 0.2) is 5.78 Å². The molecular formula is C16H20N2O4. The molecule has 0 bridgehead atoms. The van der Waals surface area contributed by atoms with Crippen molar-refractivity contribution in [2.24, 2.45) is 0 Å². The van der Waals surface area contributed by atoms with Crippen molar-refractivity contribution in [3.63, 3.8) is 0 Å². The average molecular weight is 304 g/mol.